The van der Waals surface area contributed by atoms with Crippen LogP contribution in [0.1, 0.15) is 36.1 Å². The molecule has 1 aromatic carbocycles. The third-order valence-electron chi connectivity index (χ3n) is 4.15. The molecule has 7 heteroatoms. The topological polar surface area (TPSA) is 63.2 Å². The highest BCUT2D eigenvalue weighted by atomic mass is 32.2. The monoisotopic (exact) mass is 405 g/mol. The van der Waals surface area contributed by atoms with Gasteiger partial charge in [-0.3, -0.25) is 4.79 Å². The Labute approximate surface area is 161 Å². The van der Waals surface area contributed by atoms with E-state index < -0.39 is 10.0 Å². The zero-order chi connectivity index (χ0) is 18.9. The predicted octanol–water partition coefficient (Wildman–Crippen LogP) is 4.44. The molecule has 0 bridgehead atoms. The van der Waals surface area contributed by atoms with Gasteiger partial charge in [-0.15, -0.1) is 22.7 Å². The number of sulfonamides is 1. The Hall–Kier alpha value is -1.80. The molecule has 0 spiro atoms. The first-order valence-electron chi connectivity index (χ1n) is 8.02. The summed E-state index contributed by atoms with van der Waals surface area (Å²) < 4.78 is 27.9. The first-order valence-corrected chi connectivity index (χ1v) is 11.2. The summed E-state index contributed by atoms with van der Waals surface area (Å²) in [6.07, 6.45) is 0. The third kappa shape index (κ3) is 3.96. The maximum absolute atomic E-state index is 12.6. The molecule has 3 aromatic rings. The van der Waals surface area contributed by atoms with E-state index in [1.54, 1.807) is 31.2 Å². The zero-order valence-electron chi connectivity index (χ0n) is 14.7. The molecule has 0 unspecified atom stereocenters. The largest absolute Gasteiger partial charge is 0.287 e. The molecule has 2 aromatic heterocycles. The number of nitrogens with one attached hydrogen (secondary N) is 1. The summed E-state index contributed by atoms with van der Waals surface area (Å²) in [6.45, 7) is 5.82. The Bertz CT molecular complexity index is 1050. The third-order valence-corrected chi connectivity index (χ3v) is 7.64. The van der Waals surface area contributed by atoms with Gasteiger partial charge in [-0.25, -0.2) is 13.1 Å². The van der Waals surface area contributed by atoms with Gasteiger partial charge < -0.3 is 0 Å². The molecule has 0 aliphatic heterocycles. The van der Waals surface area contributed by atoms with Crippen LogP contribution >= 0.6 is 22.7 Å². The van der Waals surface area contributed by atoms with Crippen molar-refractivity contribution in [2.75, 3.05) is 0 Å². The number of hydrogen-bond donors (Lipinski definition) is 1. The molecule has 3 rings (SSSR count). The molecule has 0 fully saturated rings. The summed E-state index contributed by atoms with van der Waals surface area (Å²) in [6, 6.07) is 10.8. The second-order valence-corrected chi connectivity index (χ2v) is 9.95. The van der Waals surface area contributed by atoms with Gasteiger partial charge in [-0.05, 0) is 67.1 Å². The highest BCUT2D eigenvalue weighted by Gasteiger charge is 2.19. The SMILES string of the molecule is Cc1cc(C)c(S(=O)(=O)NCc2ccc(C(=O)c3cccs3)s2)cc1C. The van der Waals surface area contributed by atoms with Gasteiger partial charge in [0.2, 0.25) is 15.8 Å². The number of ketones is 1. The maximum atomic E-state index is 12.6. The van der Waals surface area contributed by atoms with Crippen LogP contribution in [0.15, 0.2) is 46.7 Å². The van der Waals surface area contributed by atoms with E-state index in [1.165, 1.54) is 22.7 Å². The molecule has 1 N–H and O–H groups in total. The van der Waals surface area contributed by atoms with Gasteiger partial charge in [0.05, 0.1) is 14.6 Å². The van der Waals surface area contributed by atoms with Crippen molar-refractivity contribution in [1.29, 1.82) is 0 Å². The molecule has 0 aliphatic rings. The summed E-state index contributed by atoms with van der Waals surface area (Å²) >= 11 is 2.71. The van der Waals surface area contributed by atoms with E-state index in [2.05, 4.69) is 4.72 Å². The number of carbonyl (C=O) groups is 1. The van der Waals surface area contributed by atoms with Gasteiger partial charge in [-0.1, -0.05) is 12.1 Å². The minimum absolute atomic E-state index is 0.0240. The Morgan fingerprint density at radius 2 is 1.73 bits per heavy atom. The number of rotatable bonds is 6. The average Bonchev–Trinajstić information content (AvgIpc) is 3.27. The molecule has 0 saturated heterocycles. The van der Waals surface area contributed by atoms with Crippen LogP contribution in [0.5, 0.6) is 0 Å². The fraction of sp³-hybridized carbons (Fsp3) is 0.211. The molecule has 26 heavy (non-hydrogen) atoms. The standard InChI is InChI=1S/C19H19NO3S3/c1-12-9-14(3)18(10-13(12)2)26(22,23)20-11-15-6-7-17(25-15)19(21)16-5-4-8-24-16/h4-10,20H,11H2,1-3H3. The van der Waals surface area contributed by atoms with Crippen molar-refractivity contribution in [3.8, 4) is 0 Å². The summed E-state index contributed by atoms with van der Waals surface area (Å²) in [5.74, 6) is -0.0240. The van der Waals surface area contributed by atoms with E-state index in [0.29, 0.717) is 14.6 Å². The number of aryl methyl sites for hydroxylation is 3. The van der Waals surface area contributed by atoms with Crippen LogP contribution in [-0.4, -0.2) is 14.2 Å². The second-order valence-electron chi connectivity index (χ2n) is 6.10. The maximum Gasteiger partial charge on any atom is 0.241 e. The Kier molecular flexibility index (Phi) is 5.43. The smallest absolute Gasteiger partial charge is 0.241 e. The van der Waals surface area contributed by atoms with E-state index in [4.69, 9.17) is 0 Å². The molecule has 0 amide bonds. The van der Waals surface area contributed by atoms with Gasteiger partial charge in [0.25, 0.3) is 0 Å². The number of thiophene rings is 2. The van der Waals surface area contributed by atoms with Crippen LogP contribution in [0.3, 0.4) is 0 Å². The fourth-order valence-electron chi connectivity index (χ4n) is 2.59. The van der Waals surface area contributed by atoms with Crippen molar-refractivity contribution >= 4 is 38.5 Å². The Morgan fingerprint density at radius 3 is 2.42 bits per heavy atom. The number of hydrogen-bond acceptors (Lipinski definition) is 5. The first-order chi connectivity index (χ1) is 12.3. The molecule has 136 valence electrons. The van der Waals surface area contributed by atoms with Crippen molar-refractivity contribution in [3.05, 3.63) is 73.1 Å². The van der Waals surface area contributed by atoms with Gasteiger partial charge >= 0.3 is 0 Å². The Morgan fingerprint density at radius 1 is 1.00 bits per heavy atom. The summed E-state index contributed by atoms with van der Waals surface area (Å²) in [5, 5.41) is 1.86. The van der Waals surface area contributed by atoms with Crippen LogP contribution in [0.25, 0.3) is 0 Å². The van der Waals surface area contributed by atoms with Crippen molar-refractivity contribution in [3.63, 3.8) is 0 Å². The molecule has 0 radical (unpaired) electrons. The molecule has 4 nitrogen and oxygen atoms in total. The van der Waals surface area contributed by atoms with Crippen LogP contribution < -0.4 is 4.72 Å². The predicted molar refractivity (Wildman–Crippen MR) is 107 cm³/mol. The van der Waals surface area contributed by atoms with Gasteiger partial charge in [0.15, 0.2) is 0 Å². The van der Waals surface area contributed by atoms with Crippen LogP contribution in [0.4, 0.5) is 0 Å². The van der Waals surface area contributed by atoms with E-state index in [9.17, 15) is 13.2 Å². The quantitative estimate of drug-likeness (QED) is 0.617. The second kappa shape index (κ2) is 7.44. The lowest BCUT2D eigenvalue weighted by molar-refractivity contribution is 0.104. The van der Waals surface area contributed by atoms with Crippen molar-refractivity contribution in [2.45, 2.75) is 32.2 Å². The lowest BCUT2D eigenvalue weighted by Gasteiger charge is -2.11. The van der Waals surface area contributed by atoms with Crippen LogP contribution in [0, 0.1) is 20.8 Å². The van der Waals surface area contributed by atoms with Crippen molar-refractivity contribution in [2.24, 2.45) is 0 Å². The van der Waals surface area contributed by atoms with Crippen molar-refractivity contribution in [1.82, 2.24) is 4.72 Å². The minimum atomic E-state index is -3.61. The number of benzene rings is 1. The summed E-state index contributed by atoms with van der Waals surface area (Å²) in [7, 11) is -3.61. The van der Waals surface area contributed by atoms with E-state index in [1.807, 2.05) is 31.4 Å². The average molecular weight is 406 g/mol. The minimum Gasteiger partial charge on any atom is -0.287 e. The molecule has 0 atom stereocenters. The molecular weight excluding hydrogens is 386 g/mol. The van der Waals surface area contributed by atoms with Gasteiger partial charge in [0, 0.05) is 11.4 Å². The first kappa shape index (κ1) is 19.0. The molecule has 2 heterocycles. The summed E-state index contributed by atoms with van der Waals surface area (Å²) in [4.78, 5) is 14.7. The van der Waals surface area contributed by atoms with E-state index >= 15 is 0 Å². The van der Waals surface area contributed by atoms with Gasteiger partial charge in [-0.2, -0.15) is 0 Å². The molecule has 0 saturated carbocycles. The molecule has 0 aliphatic carbocycles. The summed E-state index contributed by atoms with van der Waals surface area (Å²) in [5.41, 5.74) is 2.73. The lowest BCUT2D eigenvalue weighted by Crippen LogP contribution is -2.23. The highest BCUT2D eigenvalue weighted by molar-refractivity contribution is 7.89. The van der Waals surface area contributed by atoms with E-state index in [0.717, 1.165) is 21.6 Å². The zero-order valence-corrected chi connectivity index (χ0v) is 17.1. The van der Waals surface area contributed by atoms with Crippen LogP contribution in [-0.2, 0) is 16.6 Å². The van der Waals surface area contributed by atoms with Gasteiger partial charge in [0.1, 0.15) is 0 Å². The van der Waals surface area contributed by atoms with E-state index in [-0.39, 0.29) is 12.3 Å². The molecular formula is C19H19NO3S3. The Balaban J connectivity index is 1.75. The van der Waals surface area contributed by atoms with Crippen LogP contribution in [0.2, 0.25) is 0 Å². The lowest BCUT2D eigenvalue weighted by atomic mass is 10.1. The normalized spacial score (nSPS) is 11.7. The van der Waals surface area contributed by atoms with Crippen molar-refractivity contribution < 1.29 is 13.2 Å². The highest BCUT2D eigenvalue weighted by Crippen LogP contribution is 2.24. The number of carbonyl (C=O) groups excluding carboxylic acids is 1. The fourth-order valence-corrected chi connectivity index (χ4v) is 5.64.